The zero-order valence-corrected chi connectivity index (χ0v) is 11.5. The standard InChI is InChI=1S/C16H13ClO3/c17-14-4-11(10-1-2-20-9-10)3-12(5-14)13-6-15(18)8-16(19)7-13/h1-5,9,13H,6-8H2. The number of benzene rings is 1. The van der Waals surface area contributed by atoms with Gasteiger partial charge >= 0.3 is 0 Å². The highest BCUT2D eigenvalue weighted by atomic mass is 35.5. The number of Topliss-reactive ketones (excluding diaryl/α,β-unsaturated/α-hetero) is 2. The van der Waals surface area contributed by atoms with Gasteiger partial charge in [0.25, 0.3) is 0 Å². The van der Waals surface area contributed by atoms with Gasteiger partial charge in [0.2, 0.25) is 0 Å². The van der Waals surface area contributed by atoms with Gasteiger partial charge in [0, 0.05) is 23.4 Å². The SMILES string of the molecule is O=C1CC(=O)CC(c2cc(Cl)cc(-c3ccoc3)c2)C1. The zero-order chi connectivity index (χ0) is 14.1. The lowest BCUT2D eigenvalue weighted by Crippen LogP contribution is -2.21. The van der Waals surface area contributed by atoms with Crippen molar-refractivity contribution in [3.05, 3.63) is 47.4 Å². The minimum Gasteiger partial charge on any atom is -0.472 e. The summed E-state index contributed by atoms with van der Waals surface area (Å²) in [7, 11) is 0. The molecular weight excluding hydrogens is 276 g/mol. The number of carbonyl (C=O) groups is 2. The maximum absolute atomic E-state index is 11.6. The smallest absolute Gasteiger partial charge is 0.140 e. The molecule has 1 heterocycles. The first-order valence-electron chi connectivity index (χ1n) is 6.48. The molecule has 1 aliphatic rings. The molecule has 1 aromatic heterocycles. The van der Waals surface area contributed by atoms with E-state index in [1.807, 2.05) is 24.3 Å². The van der Waals surface area contributed by atoms with Crippen LogP contribution in [0.3, 0.4) is 0 Å². The predicted octanol–water partition coefficient (Wildman–Crippen LogP) is 4.01. The molecule has 0 spiro atoms. The Morgan fingerprint density at radius 2 is 1.80 bits per heavy atom. The summed E-state index contributed by atoms with van der Waals surface area (Å²) in [5, 5.41) is 0.601. The Labute approximate surface area is 121 Å². The van der Waals surface area contributed by atoms with E-state index in [-0.39, 0.29) is 23.9 Å². The normalized spacial score (nSPS) is 16.6. The van der Waals surface area contributed by atoms with Crippen LogP contribution >= 0.6 is 11.6 Å². The highest BCUT2D eigenvalue weighted by Crippen LogP contribution is 2.34. The first kappa shape index (κ1) is 13.1. The topological polar surface area (TPSA) is 47.3 Å². The van der Waals surface area contributed by atoms with Crippen LogP contribution in [0, 0.1) is 0 Å². The van der Waals surface area contributed by atoms with E-state index in [0.29, 0.717) is 17.9 Å². The van der Waals surface area contributed by atoms with Gasteiger partial charge in [-0.1, -0.05) is 17.7 Å². The monoisotopic (exact) mass is 288 g/mol. The molecule has 1 aromatic carbocycles. The maximum Gasteiger partial charge on any atom is 0.140 e. The maximum atomic E-state index is 11.6. The lowest BCUT2D eigenvalue weighted by Gasteiger charge is -2.21. The predicted molar refractivity (Wildman–Crippen MR) is 75.8 cm³/mol. The van der Waals surface area contributed by atoms with Gasteiger partial charge in [-0.3, -0.25) is 9.59 Å². The van der Waals surface area contributed by atoms with Crippen molar-refractivity contribution >= 4 is 23.2 Å². The summed E-state index contributed by atoms with van der Waals surface area (Å²) >= 11 is 6.16. The Kier molecular flexibility index (Phi) is 3.45. The fourth-order valence-corrected chi connectivity index (χ4v) is 2.91. The number of carbonyl (C=O) groups excluding carboxylic acids is 2. The molecule has 0 radical (unpaired) electrons. The third-order valence-electron chi connectivity index (χ3n) is 3.59. The molecule has 102 valence electrons. The molecule has 0 amide bonds. The molecule has 2 aromatic rings. The van der Waals surface area contributed by atoms with Gasteiger partial charge < -0.3 is 4.42 Å². The number of ketones is 2. The van der Waals surface area contributed by atoms with E-state index in [2.05, 4.69) is 0 Å². The molecule has 4 heteroatoms. The van der Waals surface area contributed by atoms with Gasteiger partial charge in [-0.15, -0.1) is 0 Å². The van der Waals surface area contributed by atoms with Gasteiger partial charge in [-0.2, -0.15) is 0 Å². The van der Waals surface area contributed by atoms with Crippen molar-refractivity contribution in [1.82, 2.24) is 0 Å². The molecule has 3 nitrogen and oxygen atoms in total. The molecule has 0 unspecified atom stereocenters. The average molecular weight is 289 g/mol. The summed E-state index contributed by atoms with van der Waals surface area (Å²) in [6, 6.07) is 7.52. The van der Waals surface area contributed by atoms with E-state index in [1.165, 1.54) is 0 Å². The fourth-order valence-electron chi connectivity index (χ4n) is 2.67. The van der Waals surface area contributed by atoms with Crippen LogP contribution in [0.25, 0.3) is 11.1 Å². The molecule has 1 fully saturated rings. The Balaban J connectivity index is 1.97. The van der Waals surface area contributed by atoms with Gasteiger partial charge in [0.05, 0.1) is 18.9 Å². The Morgan fingerprint density at radius 1 is 1.05 bits per heavy atom. The lowest BCUT2D eigenvalue weighted by molar-refractivity contribution is -0.130. The fraction of sp³-hybridized carbons (Fsp3) is 0.250. The van der Waals surface area contributed by atoms with Crippen molar-refractivity contribution in [3.63, 3.8) is 0 Å². The van der Waals surface area contributed by atoms with Gasteiger partial charge in [0.15, 0.2) is 0 Å². The van der Waals surface area contributed by atoms with Crippen LogP contribution in [-0.2, 0) is 9.59 Å². The van der Waals surface area contributed by atoms with Crippen molar-refractivity contribution in [2.45, 2.75) is 25.2 Å². The van der Waals surface area contributed by atoms with E-state index < -0.39 is 0 Å². The average Bonchev–Trinajstić information content (AvgIpc) is 2.90. The molecule has 0 saturated heterocycles. The van der Waals surface area contributed by atoms with Crippen LogP contribution in [0.15, 0.2) is 41.2 Å². The largest absolute Gasteiger partial charge is 0.472 e. The quantitative estimate of drug-likeness (QED) is 0.785. The van der Waals surface area contributed by atoms with Gasteiger partial charge in [-0.25, -0.2) is 0 Å². The Morgan fingerprint density at radius 3 is 2.45 bits per heavy atom. The summed E-state index contributed by atoms with van der Waals surface area (Å²) in [6.07, 6.45) is 4.15. The first-order valence-corrected chi connectivity index (χ1v) is 6.86. The molecule has 0 bridgehead atoms. The van der Waals surface area contributed by atoms with Gasteiger partial charge in [-0.05, 0) is 35.2 Å². The van der Waals surface area contributed by atoms with E-state index in [1.54, 1.807) is 12.5 Å². The Bertz CT molecular complexity index is 642. The molecule has 1 saturated carbocycles. The van der Waals surface area contributed by atoms with Crippen LogP contribution in [0.2, 0.25) is 5.02 Å². The van der Waals surface area contributed by atoms with E-state index in [4.69, 9.17) is 16.0 Å². The molecular formula is C16H13ClO3. The van der Waals surface area contributed by atoms with Crippen molar-refractivity contribution in [2.75, 3.05) is 0 Å². The van der Waals surface area contributed by atoms with Crippen LogP contribution in [0.5, 0.6) is 0 Å². The number of halogens is 1. The van der Waals surface area contributed by atoms with Crippen molar-refractivity contribution in [3.8, 4) is 11.1 Å². The minimum absolute atomic E-state index is 0.0103. The second kappa shape index (κ2) is 5.25. The molecule has 0 atom stereocenters. The van der Waals surface area contributed by atoms with Crippen LogP contribution < -0.4 is 0 Å². The number of furan rings is 1. The number of rotatable bonds is 2. The van der Waals surface area contributed by atoms with E-state index in [0.717, 1.165) is 16.7 Å². The minimum atomic E-state index is -0.0619. The summed E-state index contributed by atoms with van der Waals surface area (Å²) in [6.45, 7) is 0. The van der Waals surface area contributed by atoms with E-state index in [9.17, 15) is 9.59 Å². The number of hydrogen-bond donors (Lipinski definition) is 0. The molecule has 1 aliphatic carbocycles. The molecule has 0 aliphatic heterocycles. The molecule has 20 heavy (non-hydrogen) atoms. The third kappa shape index (κ3) is 2.68. The summed E-state index contributed by atoms with van der Waals surface area (Å²) in [5.74, 6) is -0.0414. The summed E-state index contributed by atoms with van der Waals surface area (Å²) in [5.41, 5.74) is 2.81. The van der Waals surface area contributed by atoms with Crippen molar-refractivity contribution in [2.24, 2.45) is 0 Å². The summed E-state index contributed by atoms with van der Waals surface area (Å²) < 4.78 is 5.08. The van der Waals surface area contributed by atoms with Crippen LogP contribution in [0.1, 0.15) is 30.7 Å². The molecule has 0 N–H and O–H groups in total. The van der Waals surface area contributed by atoms with Crippen molar-refractivity contribution < 1.29 is 14.0 Å². The van der Waals surface area contributed by atoms with Gasteiger partial charge in [0.1, 0.15) is 11.6 Å². The lowest BCUT2D eigenvalue weighted by atomic mass is 9.82. The highest BCUT2D eigenvalue weighted by molar-refractivity contribution is 6.31. The second-order valence-corrected chi connectivity index (χ2v) is 5.58. The summed E-state index contributed by atoms with van der Waals surface area (Å²) in [4.78, 5) is 23.2. The second-order valence-electron chi connectivity index (χ2n) is 5.14. The highest BCUT2D eigenvalue weighted by Gasteiger charge is 2.27. The third-order valence-corrected chi connectivity index (χ3v) is 3.81. The van der Waals surface area contributed by atoms with Crippen LogP contribution in [-0.4, -0.2) is 11.6 Å². The molecule has 3 rings (SSSR count). The Hall–Kier alpha value is -1.87. The van der Waals surface area contributed by atoms with Crippen LogP contribution in [0.4, 0.5) is 0 Å². The number of hydrogen-bond acceptors (Lipinski definition) is 3. The zero-order valence-electron chi connectivity index (χ0n) is 10.8. The van der Waals surface area contributed by atoms with E-state index >= 15 is 0 Å². The van der Waals surface area contributed by atoms with Crippen molar-refractivity contribution in [1.29, 1.82) is 0 Å². The first-order chi connectivity index (χ1) is 9.61.